The average molecular weight is 377 g/mol. The van der Waals surface area contributed by atoms with Gasteiger partial charge in [-0.25, -0.2) is 0 Å². The van der Waals surface area contributed by atoms with Gasteiger partial charge in [-0.15, -0.1) is 11.3 Å². The molecule has 0 bridgehead atoms. The van der Waals surface area contributed by atoms with E-state index in [2.05, 4.69) is 51.6 Å². The van der Waals surface area contributed by atoms with Crippen LogP contribution in [0.1, 0.15) is 36.2 Å². The van der Waals surface area contributed by atoms with Gasteiger partial charge in [-0.05, 0) is 42.4 Å². The molecule has 2 aromatic heterocycles. The van der Waals surface area contributed by atoms with Crippen molar-refractivity contribution < 1.29 is 0 Å². The smallest absolute Gasteiger partial charge is 0.0847 e. The zero-order chi connectivity index (χ0) is 14.7. The van der Waals surface area contributed by atoms with Gasteiger partial charge in [0.25, 0.3) is 0 Å². The van der Waals surface area contributed by atoms with Gasteiger partial charge in [-0.2, -0.15) is 5.10 Å². The molecule has 0 fully saturated rings. The fourth-order valence-electron chi connectivity index (χ4n) is 2.29. The lowest BCUT2D eigenvalue weighted by atomic mass is 10.1. The van der Waals surface area contributed by atoms with Crippen LogP contribution in [0, 0.1) is 6.92 Å². The highest BCUT2D eigenvalue weighted by atomic mass is 79.9. The van der Waals surface area contributed by atoms with Crippen molar-refractivity contribution in [1.82, 2.24) is 15.1 Å². The number of aryl methyl sites for hydroxylation is 2. The lowest BCUT2D eigenvalue weighted by molar-refractivity contribution is 0.522. The van der Waals surface area contributed by atoms with Crippen LogP contribution in [0.5, 0.6) is 0 Å². The molecule has 0 spiro atoms. The predicted molar refractivity (Wildman–Crippen MR) is 89.8 cm³/mol. The fraction of sp³-hybridized carbons (Fsp3) is 0.500. The molecule has 6 heteroatoms. The van der Waals surface area contributed by atoms with Gasteiger partial charge in [0.2, 0.25) is 0 Å². The van der Waals surface area contributed by atoms with Crippen molar-refractivity contribution in [3.05, 3.63) is 37.2 Å². The van der Waals surface area contributed by atoms with E-state index in [1.165, 1.54) is 4.88 Å². The van der Waals surface area contributed by atoms with Crippen LogP contribution in [0.25, 0.3) is 0 Å². The molecule has 0 radical (unpaired) electrons. The minimum atomic E-state index is 0.273. The van der Waals surface area contributed by atoms with Gasteiger partial charge < -0.3 is 5.32 Å². The van der Waals surface area contributed by atoms with E-state index in [1.54, 1.807) is 11.3 Å². The lowest BCUT2D eigenvalue weighted by Crippen LogP contribution is -2.23. The van der Waals surface area contributed by atoms with E-state index in [0.29, 0.717) is 0 Å². The highest BCUT2D eigenvalue weighted by molar-refractivity contribution is 9.10. The highest BCUT2D eigenvalue weighted by Crippen LogP contribution is 2.30. The van der Waals surface area contributed by atoms with E-state index in [4.69, 9.17) is 11.6 Å². The molecule has 20 heavy (non-hydrogen) atoms. The van der Waals surface area contributed by atoms with Gasteiger partial charge in [-0.1, -0.05) is 18.5 Å². The van der Waals surface area contributed by atoms with Gasteiger partial charge in [0, 0.05) is 33.7 Å². The Morgan fingerprint density at radius 1 is 1.50 bits per heavy atom. The van der Waals surface area contributed by atoms with E-state index in [-0.39, 0.29) is 6.04 Å². The Labute approximate surface area is 137 Å². The van der Waals surface area contributed by atoms with E-state index in [0.717, 1.165) is 40.4 Å². The van der Waals surface area contributed by atoms with E-state index in [1.807, 2.05) is 11.6 Å². The molecule has 1 atom stereocenters. The summed E-state index contributed by atoms with van der Waals surface area (Å²) >= 11 is 11.7. The predicted octanol–water partition coefficient (Wildman–Crippen LogP) is 4.58. The Balaban J connectivity index is 2.28. The maximum Gasteiger partial charge on any atom is 0.0847 e. The van der Waals surface area contributed by atoms with Crippen LogP contribution in [0.2, 0.25) is 5.02 Å². The average Bonchev–Trinajstić information content (AvgIpc) is 2.96. The Hall–Kier alpha value is -0.360. The zero-order valence-corrected chi connectivity index (χ0v) is 15.1. The second kappa shape index (κ2) is 7.07. The molecule has 0 saturated heterocycles. The quantitative estimate of drug-likeness (QED) is 0.799. The fourth-order valence-corrected chi connectivity index (χ4v) is 4.02. The Kier molecular flexibility index (Phi) is 5.66. The molecule has 0 amide bonds. The molecule has 0 aromatic carbocycles. The Bertz CT molecular complexity index is 579. The third-order valence-electron chi connectivity index (χ3n) is 3.23. The first-order valence-corrected chi connectivity index (χ1v) is 8.80. The summed E-state index contributed by atoms with van der Waals surface area (Å²) in [5.74, 6) is 0. The molecule has 1 unspecified atom stereocenters. The summed E-state index contributed by atoms with van der Waals surface area (Å²) in [7, 11) is 0. The Morgan fingerprint density at radius 2 is 2.25 bits per heavy atom. The van der Waals surface area contributed by atoms with Gasteiger partial charge in [0.1, 0.15) is 0 Å². The topological polar surface area (TPSA) is 29.9 Å². The largest absolute Gasteiger partial charge is 0.309 e. The second-order valence-corrected chi connectivity index (χ2v) is 6.88. The first kappa shape index (κ1) is 16.0. The first-order chi connectivity index (χ1) is 9.56. The number of aromatic nitrogens is 2. The zero-order valence-electron chi connectivity index (χ0n) is 11.9. The van der Waals surface area contributed by atoms with Gasteiger partial charge in [0.15, 0.2) is 0 Å². The number of thiophene rings is 1. The highest BCUT2D eigenvalue weighted by Gasteiger charge is 2.19. The number of rotatable bonds is 6. The van der Waals surface area contributed by atoms with Crippen molar-refractivity contribution in [1.29, 1.82) is 0 Å². The summed E-state index contributed by atoms with van der Waals surface area (Å²) in [6.07, 6.45) is 0.855. The van der Waals surface area contributed by atoms with Crippen LogP contribution in [-0.4, -0.2) is 16.3 Å². The molecule has 0 aliphatic heterocycles. The maximum atomic E-state index is 6.41. The first-order valence-electron chi connectivity index (χ1n) is 6.75. The van der Waals surface area contributed by atoms with Crippen molar-refractivity contribution in [2.45, 2.75) is 39.8 Å². The summed E-state index contributed by atoms with van der Waals surface area (Å²) in [4.78, 5) is 1.32. The lowest BCUT2D eigenvalue weighted by Gasteiger charge is -2.17. The number of halogens is 2. The van der Waals surface area contributed by atoms with Crippen molar-refractivity contribution in [3.8, 4) is 0 Å². The maximum absolute atomic E-state index is 6.41. The molecule has 1 N–H and O–H groups in total. The number of likely N-dealkylation sites (N-methyl/N-ethyl adjacent to an activating group) is 1. The van der Waals surface area contributed by atoms with E-state index >= 15 is 0 Å². The van der Waals surface area contributed by atoms with Gasteiger partial charge >= 0.3 is 0 Å². The van der Waals surface area contributed by atoms with Crippen LogP contribution in [-0.2, 0) is 13.0 Å². The van der Waals surface area contributed by atoms with Gasteiger partial charge in [-0.3, -0.25) is 4.68 Å². The summed E-state index contributed by atoms with van der Waals surface area (Å²) in [6.45, 7) is 7.95. The third kappa shape index (κ3) is 3.45. The standard InChI is InChI=1S/C14H19BrClN3S/c1-4-17-11(13-6-10(15)8-20-13)7-12-14(16)9(3)18-19(12)5-2/h6,8,11,17H,4-5,7H2,1-3H3. The molecule has 2 heterocycles. The summed E-state index contributed by atoms with van der Waals surface area (Å²) in [6, 6.07) is 2.45. The summed E-state index contributed by atoms with van der Waals surface area (Å²) < 4.78 is 3.14. The molecular formula is C14H19BrClN3S. The van der Waals surface area contributed by atoms with Crippen molar-refractivity contribution in [2.75, 3.05) is 6.54 Å². The monoisotopic (exact) mass is 375 g/mol. The molecule has 3 nitrogen and oxygen atoms in total. The van der Waals surface area contributed by atoms with E-state index < -0.39 is 0 Å². The van der Waals surface area contributed by atoms with Crippen molar-refractivity contribution in [2.24, 2.45) is 0 Å². The summed E-state index contributed by atoms with van der Waals surface area (Å²) in [5.41, 5.74) is 2.02. The molecule has 0 saturated carbocycles. The number of nitrogens with one attached hydrogen (secondary N) is 1. The molecular weight excluding hydrogens is 358 g/mol. The van der Waals surface area contributed by atoms with Crippen LogP contribution in [0.15, 0.2) is 15.9 Å². The Morgan fingerprint density at radius 3 is 2.80 bits per heavy atom. The minimum absolute atomic E-state index is 0.273. The molecule has 0 aliphatic rings. The molecule has 2 rings (SSSR count). The van der Waals surface area contributed by atoms with E-state index in [9.17, 15) is 0 Å². The molecule has 110 valence electrons. The second-order valence-electron chi connectivity index (χ2n) is 4.64. The minimum Gasteiger partial charge on any atom is -0.309 e. The number of hydrogen-bond donors (Lipinski definition) is 1. The number of hydrogen-bond acceptors (Lipinski definition) is 3. The molecule has 0 aliphatic carbocycles. The third-order valence-corrected chi connectivity index (χ3v) is 5.53. The van der Waals surface area contributed by atoms with Crippen LogP contribution in [0.4, 0.5) is 0 Å². The molecule has 2 aromatic rings. The number of nitrogens with zero attached hydrogens (tertiary/aromatic N) is 2. The SMILES string of the molecule is CCNC(Cc1c(Cl)c(C)nn1CC)c1cc(Br)cs1. The normalized spacial score (nSPS) is 12.8. The van der Waals surface area contributed by atoms with Crippen LogP contribution < -0.4 is 5.32 Å². The van der Waals surface area contributed by atoms with Crippen LogP contribution >= 0.6 is 38.9 Å². The van der Waals surface area contributed by atoms with Crippen LogP contribution in [0.3, 0.4) is 0 Å². The van der Waals surface area contributed by atoms with Crippen molar-refractivity contribution >= 4 is 38.9 Å². The van der Waals surface area contributed by atoms with Gasteiger partial charge in [0.05, 0.1) is 16.4 Å². The van der Waals surface area contributed by atoms with Crippen molar-refractivity contribution in [3.63, 3.8) is 0 Å². The summed E-state index contributed by atoms with van der Waals surface area (Å²) in [5, 5.41) is 10.9.